The second-order valence-electron chi connectivity index (χ2n) is 4.51. The molecular formula is C15H20ClN3. The third-order valence-electron chi connectivity index (χ3n) is 3.21. The summed E-state index contributed by atoms with van der Waals surface area (Å²) in [6, 6.07) is 10.4. The number of hydrogen-bond acceptors (Lipinski definition) is 2. The lowest BCUT2D eigenvalue weighted by Gasteiger charge is -2.19. The summed E-state index contributed by atoms with van der Waals surface area (Å²) < 4.78 is 2.04. The third-order valence-corrected chi connectivity index (χ3v) is 3.46. The first-order chi connectivity index (χ1) is 9.24. The van der Waals surface area contributed by atoms with E-state index in [-0.39, 0.29) is 6.04 Å². The molecule has 0 fully saturated rings. The molecule has 0 saturated heterocycles. The van der Waals surface area contributed by atoms with Crippen LogP contribution in [0.5, 0.6) is 0 Å². The van der Waals surface area contributed by atoms with Crippen molar-refractivity contribution in [3.63, 3.8) is 0 Å². The number of hydrogen-bond donors (Lipinski definition) is 1. The molecule has 1 heterocycles. The summed E-state index contributed by atoms with van der Waals surface area (Å²) >= 11 is 5.93. The Hall–Kier alpha value is -1.32. The summed E-state index contributed by atoms with van der Waals surface area (Å²) in [7, 11) is 0. The number of nitrogens with one attached hydrogen (secondary N) is 1. The van der Waals surface area contributed by atoms with Crippen molar-refractivity contribution in [3.8, 4) is 0 Å². The SMILES string of the molecule is CCNC(Cc1ccc(Cl)cc1)c1ccnn1CC. The first-order valence-corrected chi connectivity index (χ1v) is 7.12. The van der Waals surface area contributed by atoms with Crippen LogP contribution in [0, 0.1) is 0 Å². The smallest absolute Gasteiger partial charge is 0.0556 e. The summed E-state index contributed by atoms with van der Waals surface area (Å²) in [4.78, 5) is 0. The standard InChI is InChI=1S/C15H20ClN3/c1-3-17-14(15-9-10-18-19(15)4-2)11-12-5-7-13(16)8-6-12/h5-10,14,17H,3-4,11H2,1-2H3. The highest BCUT2D eigenvalue weighted by Crippen LogP contribution is 2.19. The molecular weight excluding hydrogens is 258 g/mol. The molecule has 102 valence electrons. The number of likely N-dealkylation sites (N-methyl/N-ethyl adjacent to an activating group) is 1. The number of halogens is 1. The summed E-state index contributed by atoms with van der Waals surface area (Å²) in [6.07, 6.45) is 2.81. The van der Waals surface area contributed by atoms with Gasteiger partial charge in [-0.05, 0) is 43.7 Å². The van der Waals surface area contributed by atoms with Crippen LogP contribution >= 0.6 is 11.6 Å². The Morgan fingerprint density at radius 3 is 2.58 bits per heavy atom. The van der Waals surface area contributed by atoms with E-state index < -0.39 is 0 Å². The van der Waals surface area contributed by atoms with Gasteiger partial charge in [0.15, 0.2) is 0 Å². The van der Waals surface area contributed by atoms with Gasteiger partial charge in [-0.15, -0.1) is 0 Å². The lowest BCUT2D eigenvalue weighted by atomic mass is 10.0. The molecule has 1 atom stereocenters. The van der Waals surface area contributed by atoms with Gasteiger partial charge < -0.3 is 5.32 Å². The van der Waals surface area contributed by atoms with Gasteiger partial charge in [0.1, 0.15) is 0 Å². The van der Waals surface area contributed by atoms with E-state index in [0.29, 0.717) is 0 Å². The van der Waals surface area contributed by atoms with E-state index in [1.807, 2.05) is 23.0 Å². The first-order valence-electron chi connectivity index (χ1n) is 6.74. The predicted octanol–water partition coefficient (Wildman–Crippen LogP) is 3.45. The average molecular weight is 278 g/mol. The highest BCUT2D eigenvalue weighted by Gasteiger charge is 2.15. The maximum Gasteiger partial charge on any atom is 0.0556 e. The molecule has 1 aromatic carbocycles. The molecule has 0 spiro atoms. The Morgan fingerprint density at radius 2 is 1.95 bits per heavy atom. The zero-order valence-electron chi connectivity index (χ0n) is 11.4. The van der Waals surface area contributed by atoms with Crippen LogP contribution in [0.3, 0.4) is 0 Å². The Labute approximate surface area is 119 Å². The van der Waals surface area contributed by atoms with Crippen molar-refractivity contribution in [3.05, 3.63) is 52.8 Å². The molecule has 2 rings (SSSR count). The number of aryl methyl sites for hydroxylation is 1. The second kappa shape index (κ2) is 6.73. The molecule has 19 heavy (non-hydrogen) atoms. The lowest BCUT2D eigenvalue weighted by molar-refractivity contribution is 0.490. The lowest BCUT2D eigenvalue weighted by Crippen LogP contribution is -2.25. The molecule has 0 aliphatic carbocycles. The van der Waals surface area contributed by atoms with Crippen LogP contribution in [-0.4, -0.2) is 16.3 Å². The van der Waals surface area contributed by atoms with Crippen LogP contribution in [-0.2, 0) is 13.0 Å². The number of benzene rings is 1. The van der Waals surface area contributed by atoms with Crippen molar-refractivity contribution in [1.29, 1.82) is 0 Å². The van der Waals surface area contributed by atoms with Gasteiger partial charge in [0.05, 0.1) is 11.7 Å². The quantitative estimate of drug-likeness (QED) is 0.876. The summed E-state index contributed by atoms with van der Waals surface area (Å²) in [5.41, 5.74) is 2.51. The van der Waals surface area contributed by atoms with Gasteiger partial charge in [-0.3, -0.25) is 4.68 Å². The highest BCUT2D eigenvalue weighted by atomic mass is 35.5. The van der Waals surface area contributed by atoms with E-state index >= 15 is 0 Å². The van der Waals surface area contributed by atoms with Crippen molar-refractivity contribution < 1.29 is 0 Å². The Balaban J connectivity index is 2.18. The van der Waals surface area contributed by atoms with Crippen molar-refractivity contribution in [1.82, 2.24) is 15.1 Å². The Kier molecular flexibility index (Phi) is 5.00. The molecule has 1 N–H and O–H groups in total. The minimum atomic E-state index is 0.286. The van der Waals surface area contributed by atoms with Gasteiger partial charge in [-0.25, -0.2) is 0 Å². The first kappa shape index (κ1) is 14.1. The zero-order valence-corrected chi connectivity index (χ0v) is 12.2. The third kappa shape index (κ3) is 3.58. The van der Waals surface area contributed by atoms with Gasteiger partial charge in [-0.1, -0.05) is 30.7 Å². The normalized spacial score (nSPS) is 12.6. The molecule has 1 aromatic heterocycles. The Bertz CT molecular complexity index is 504. The zero-order chi connectivity index (χ0) is 13.7. The van der Waals surface area contributed by atoms with Gasteiger partial charge in [0.25, 0.3) is 0 Å². The van der Waals surface area contributed by atoms with Crippen molar-refractivity contribution in [2.75, 3.05) is 6.54 Å². The van der Waals surface area contributed by atoms with E-state index in [1.54, 1.807) is 0 Å². The van der Waals surface area contributed by atoms with Crippen LogP contribution in [0.25, 0.3) is 0 Å². The van der Waals surface area contributed by atoms with Crippen LogP contribution in [0.15, 0.2) is 36.5 Å². The summed E-state index contributed by atoms with van der Waals surface area (Å²) in [5.74, 6) is 0. The van der Waals surface area contributed by atoms with Crippen molar-refractivity contribution in [2.24, 2.45) is 0 Å². The van der Waals surface area contributed by atoms with E-state index in [2.05, 4.69) is 42.5 Å². The number of aromatic nitrogens is 2. The summed E-state index contributed by atoms with van der Waals surface area (Å²) in [6.45, 7) is 6.07. The van der Waals surface area contributed by atoms with Gasteiger partial charge >= 0.3 is 0 Å². The fourth-order valence-electron chi connectivity index (χ4n) is 2.29. The van der Waals surface area contributed by atoms with Crippen LogP contribution in [0.2, 0.25) is 5.02 Å². The molecule has 1 unspecified atom stereocenters. The van der Waals surface area contributed by atoms with Crippen molar-refractivity contribution >= 4 is 11.6 Å². The molecule has 3 nitrogen and oxygen atoms in total. The molecule has 0 aliphatic heterocycles. The van der Waals surface area contributed by atoms with E-state index in [1.165, 1.54) is 11.3 Å². The van der Waals surface area contributed by atoms with Gasteiger partial charge in [0, 0.05) is 17.8 Å². The van der Waals surface area contributed by atoms with Crippen molar-refractivity contribution in [2.45, 2.75) is 32.9 Å². The average Bonchev–Trinajstić information content (AvgIpc) is 2.89. The largest absolute Gasteiger partial charge is 0.309 e. The topological polar surface area (TPSA) is 29.9 Å². The van der Waals surface area contributed by atoms with Crippen LogP contribution in [0.4, 0.5) is 0 Å². The maximum atomic E-state index is 5.93. The Morgan fingerprint density at radius 1 is 1.21 bits per heavy atom. The highest BCUT2D eigenvalue weighted by molar-refractivity contribution is 6.30. The van der Waals surface area contributed by atoms with Crippen LogP contribution in [0.1, 0.15) is 31.1 Å². The maximum absolute atomic E-state index is 5.93. The van der Waals surface area contributed by atoms with E-state index in [9.17, 15) is 0 Å². The van der Waals surface area contributed by atoms with Crippen LogP contribution < -0.4 is 5.32 Å². The fourth-order valence-corrected chi connectivity index (χ4v) is 2.41. The molecule has 0 bridgehead atoms. The molecule has 4 heteroatoms. The molecule has 0 saturated carbocycles. The molecule has 0 aliphatic rings. The number of rotatable bonds is 6. The molecule has 0 radical (unpaired) electrons. The fraction of sp³-hybridized carbons (Fsp3) is 0.400. The second-order valence-corrected chi connectivity index (χ2v) is 4.95. The molecule has 2 aromatic rings. The monoisotopic (exact) mass is 277 g/mol. The minimum absolute atomic E-state index is 0.286. The summed E-state index contributed by atoms with van der Waals surface area (Å²) in [5, 5.41) is 8.66. The van der Waals surface area contributed by atoms with E-state index in [4.69, 9.17) is 11.6 Å². The minimum Gasteiger partial charge on any atom is -0.309 e. The van der Waals surface area contributed by atoms with Gasteiger partial charge in [0.2, 0.25) is 0 Å². The molecule has 0 amide bonds. The van der Waals surface area contributed by atoms with Gasteiger partial charge in [-0.2, -0.15) is 5.10 Å². The predicted molar refractivity (Wildman–Crippen MR) is 79.5 cm³/mol. The van der Waals surface area contributed by atoms with E-state index in [0.717, 1.165) is 24.5 Å². The number of nitrogens with zero attached hydrogens (tertiary/aromatic N) is 2.